The number of nitrogens with two attached hydrogens (primary N) is 1. The quantitative estimate of drug-likeness (QED) is 0.717. The van der Waals surface area contributed by atoms with Crippen LogP contribution in [0.4, 0.5) is 18.9 Å². The lowest BCUT2D eigenvalue weighted by Gasteiger charge is -2.10. The second-order valence-corrected chi connectivity index (χ2v) is 3.50. The van der Waals surface area contributed by atoms with Crippen molar-refractivity contribution in [2.24, 2.45) is 0 Å². The van der Waals surface area contributed by atoms with Crippen LogP contribution in [0.15, 0.2) is 16.6 Å². The first-order valence-electron chi connectivity index (χ1n) is 3.14. The Bertz CT molecular complexity index is 337. The van der Waals surface area contributed by atoms with Crippen LogP contribution in [0.25, 0.3) is 0 Å². The molecule has 0 aliphatic heterocycles. The van der Waals surface area contributed by atoms with Gasteiger partial charge >= 0.3 is 6.18 Å². The van der Waals surface area contributed by atoms with Crippen molar-refractivity contribution < 1.29 is 13.2 Å². The van der Waals surface area contributed by atoms with Crippen LogP contribution in [0.2, 0.25) is 5.02 Å². The maximum atomic E-state index is 12.2. The molecule has 0 aliphatic carbocycles. The van der Waals surface area contributed by atoms with Crippen LogP contribution in [0, 0.1) is 0 Å². The molecule has 72 valence electrons. The van der Waals surface area contributed by atoms with Gasteiger partial charge in [-0.25, -0.2) is 0 Å². The van der Waals surface area contributed by atoms with Gasteiger partial charge in [0.15, 0.2) is 0 Å². The molecule has 0 atom stereocenters. The van der Waals surface area contributed by atoms with Gasteiger partial charge in [0, 0.05) is 0 Å². The van der Waals surface area contributed by atoms with E-state index < -0.39 is 11.7 Å². The molecule has 1 rings (SSSR count). The van der Waals surface area contributed by atoms with Crippen molar-refractivity contribution in [3.05, 3.63) is 27.2 Å². The Balaban J connectivity index is 3.35. The van der Waals surface area contributed by atoms with Gasteiger partial charge in [-0.3, -0.25) is 0 Å². The molecule has 0 amide bonds. The highest BCUT2D eigenvalue weighted by molar-refractivity contribution is 9.10. The molecule has 1 aromatic rings. The zero-order chi connectivity index (χ0) is 10.2. The normalized spacial score (nSPS) is 11.8. The summed E-state index contributed by atoms with van der Waals surface area (Å²) in [5.41, 5.74) is 4.59. The van der Waals surface area contributed by atoms with E-state index >= 15 is 0 Å². The number of hydrogen-bond donors (Lipinski definition) is 1. The van der Waals surface area contributed by atoms with Crippen molar-refractivity contribution in [1.82, 2.24) is 0 Å². The summed E-state index contributed by atoms with van der Waals surface area (Å²) in [5, 5.41) is -0.116. The second-order valence-electron chi connectivity index (χ2n) is 2.33. The van der Waals surface area contributed by atoms with E-state index in [1.54, 1.807) is 0 Å². The van der Waals surface area contributed by atoms with E-state index in [0.717, 1.165) is 12.1 Å². The number of rotatable bonds is 0. The Morgan fingerprint density at radius 3 is 2.31 bits per heavy atom. The zero-order valence-electron chi connectivity index (χ0n) is 6.12. The van der Waals surface area contributed by atoms with Crippen molar-refractivity contribution in [3.8, 4) is 0 Å². The highest BCUT2D eigenvalue weighted by Gasteiger charge is 2.33. The van der Waals surface area contributed by atoms with E-state index in [1.807, 2.05) is 0 Å². The number of alkyl halides is 3. The van der Waals surface area contributed by atoms with Gasteiger partial charge in [0.1, 0.15) is 0 Å². The van der Waals surface area contributed by atoms with Gasteiger partial charge in [-0.1, -0.05) is 11.6 Å². The molecule has 0 unspecified atom stereocenters. The standard InChI is InChI=1S/C7H4BrClF3N/c8-5-3(7(10,11)12)1-2-4(13)6(5)9/h1-2H,13H2. The van der Waals surface area contributed by atoms with Gasteiger partial charge in [0.05, 0.1) is 20.7 Å². The van der Waals surface area contributed by atoms with Crippen molar-refractivity contribution in [2.75, 3.05) is 5.73 Å². The van der Waals surface area contributed by atoms with Crippen molar-refractivity contribution in [2.45, 2.75) is 6.18 Å². The molecule has 0 radical (unpaired) electrons. The lowest BCUT2D eigenvalue weighted by Crippen LogP contribution is -2.06. The molecule has 0 spiro atoms. The van der Waals surface area contributed by atoms with Gasteiger partial charge in [-0.15, -0.1) is 0 Å². The van der Waals surface area contributed by atoms with E-state index in [-0.39, 0.29) is 15.2 Å². The summed E-state index contributed by atoms with van der Waals surface area (Å²) in [7, 11) is 0. The number of benzene rings is 1. The predicted molar refractivity (Wildman–Crippen MR) is 48.6 cm³/mol. The molecule has 0 aromatic heterocycles. The molecular formula is C7H4BrClF3N. The molecule has 1 aromatic carbocycles. The molecule has 2 N–H and O–H groups in total. The average molecular weight is 274 g/mol. The summed E-state index contributed by atoms with van der Waals surface area (Å²) in [6, 6.07) is 2.00. The van der Waals surface area contributed by atoms with Gasteiger partial charge in [-0.05, 0) is 28.1 Å². The van der Waals surface area contributed by atoms with Gasteiger partial charge < -0.3 is 5.73 Å². The fourth-order valence-electron chi connectivity index (χ4n) is 0.783. The van der Waals surface area contributed by atoms with Crippen LogP contribution in [-0.2, 0) is 6.18 Å². The molecule has 0 saturated carbocycles. The summed E-state index contributed by atoms with van der Waals surface area (Å²) in [6.07, 6.45) is -4.42. The number of hydrogen-bond acceptors (Lipinski definition) is 1. The lowest BCUT2D eigenvalue weighted by atomic mass is 10.2. The summed E-state index contributed by atoms with van der Waals surface area (Å²) in [5.74, 6) is 0. The number of nitrogen functional groups attached to an aromatic ring is 1. The number of halogens is 5. The smallest absolute Gasteiger partial charge is 0.397 e. The molecule has 1 nitrogen and oxygen atoms in total. The third kappa shape index (κ3) is 2.08. The molecule has 0 heterocycles. The van der Waals surface area contributed by atoms with E-state index in [1.165, 1.54) is 0 Å². The minimum atomic E-state index is -4.42. The van der Waals surface area contributed by atoms with E-state index in [4.69, 9.17) is 17.3 Å². The minimum absolute atomic E-state index is 0.113. The van der Waals surface area contributed by atoms with E-state index in [0.29, 0.717) is 0 Å². The molecule has 6 heteroatoms. The SMILES string of the molecule is Nc1ccc(C(F)(F)F)c(Br)c1Cl. The maximum Gasteiger partial charge on any atom is 0.417 e. The topological polar surface area (TPSA) is 26.0 Å². The van der Waals surface area contributed by atoms with Gasteiger partial charge in [0.2, 0.25) is 0 Å². The minimum Gasteiger partial charge on any atom is -0.397 e. The predicted octanol–water partition coefficient (Wildman–Crippen LogP) is 3.70. The van der Waals surface area contributed by atoms with Crippen LogP contribution in [0.3, 0.4) is 0 Å². The summed E-state index contributed by atoms with van der Waals surface area (Å²) >= 11 is 8.25. The summed E-state index contributed by atoms with van der Waals surface area (Å²) in [4.78, 5) is 0. The fourth-order valence-corrected chi connectivity index (χ4v) is 1.53. The van der Waals surface area contributed by atoms with E-state index in [9.17, 15) is 13.2 Å². The van der Waals surface area contributed by atoms with Gasteiger partial charge in [0.25, 0.3) is 0 Å². The molecule has 0 fully saturated rings. The maximum absolute atomic E-state index is 12.2. The third-order valence-corrected chi connectivity index (χ3v) is 2.88. The second kappa shape index (κ2) is 3.38. The molecular weight excluding hydrogens is 270 g/mol. The van der Waals surface area contributed by atoms with E-state index in [2.05, 4.69) is 15.9 Å². The molecule has 0 saturated heterocycles. The van der Waals surface area contributed by atoms with Crippen molar-refractivity contribution in [1.29, 1.82) is 0 Å². The summed E-state index contributed by atoms with van der Waals surface area (Å²) in [6.45, 7) is 0. The first-order valence-corrected chi connectivity index (χ1v) is 4.32. The Labute approximate surface area is 85.8 Å². The lowest BCUT2D eigenvalue weighted by molar-refractivity contribution is -0.138. The Morgan fingerprint density at radius 1 is 1.31 bits per heavy atom. The Kier molecular flexibility index (Phi) is 2.77. The molecule has 0 aliphatic rings. The zero-order valence-corrected chi connectivity index (χ0v) is 8.46. The summed E-state index contributed by atoms with van der Waals surface area (Å²) < 4.78 is 36.5. The first-order chi connectivity index (χ1) is 5.84. The first kappa shape index (κ1) is 10.7. The molecule has 0 bridgehead atoms. The van der Waals surface area contributed by atoms with Gasteiger partial charge in [-0.2, -0.15) is 13.2 Å². The van der Waals surface area contributed by atoms with Crippen LogP contribution >= 0.6 is 27.5 Å². The van der Waals surface area contributed by atoms with Crippen LogP contribution in [0.1, 0.15) is 5.56 Å². The number of anilines is 1. The molecule has 13 heavy (non-hydrogen) atoms. The highest BCUT2D eigenvalue weighted by Crippen LogP contribution is 2.40. The van der Waals surface area contributed by atoms with Crippen LogP contribution in [-0.4, -0.2) is 0 Å². The van der Waals surface area contributed by atoms with Crippen LogP contribution < -0.4 is 5.73 Å². The third-order valence-electron chi connectivity index (χ3n) is 1.42. The van der Waals surface area contributed by atoms with Crippen LogP contribution in [0.5, 0.6) is 0 Å². The largest absolute Gasteiger partial charge is 0.417 e. The fraction of sp³-hybridized carbons (Fsp3) is 0.143. The van der Waals surface area contributed by atoms with Crippen molar-refractivity contribution >= 4 is 33.2 Å². The van der Waals surface area contributed by atoms with Crippen molar-refractivity contribution in [3.63, 3.8) is 0 Å². The monoisotopic (exact) mass is 273 g/mol. The highest BCUT2D eigenvalue weighted by atomic mass is 79.9. The Morgan fingerprint density at radius 2 is 1.85 bits per heavy atom. The average Bonchev–Trinajstić information content (AvgIpc) is 1.98. The Hall–Kier alpha value is -0.420.